The zero-order valence-electron chi connectivity index (χ0n) is 11.8. The van der Waals surface area contributed by atoms with Gasteiger partial charge in [0.1, 0.15) is 6.54 Å². The molecular weight excluding hydrogens is 288 g/mol. The molecule has 1 fully saturated rings. The van der Waals surface area contributed by atoms with Crippen molar-refractivity contribution in [3.05, 3.63) is 24.3 Å². The van der Waals surface area contributed by atoms with Crippen molar-refractivity contribution in [3.8, 4) is 0 Å². The van der Waals surface area contributed by atoms with Gasteiger partial charge in [-0.1, -0.05) is 12.1 Å². The van der Waals surface area contributed by atoms with Gasteiger partial charge in [0.05, 0.1) is 11.4 Å². The molecule has 3 N–H and O–H groups in total. The lowest BCUT2D eigenvalue weighted by molar-refractivity contribution is -0.136. The molecule has 21 heavy (non-hydrogen) atoms. The summed E-state index contributed by atoms with van der Waals surface area (Å²) >= 11 is 1.90. The number of nitrogens with two attached hydrogens (primary N) is 1. The number of nitrogen functional groups attached to an aromatic ring is 1. The summed E-state index contributed by atoms with van der Waals surface area (Å²) < 4.78 is 0. The van der Waals surface area contributed by atoms with Crippen LogP contribution in [0, 0.1) is 5.92 Å². The molecule has 5 nitrogen and oxygen atoms in total. The molecule has 1 aromatic carbocycles. The van der Waals surface area contributed by atoms with E-state index in [1.165, 1.54) is 4.90 Å². The summed E-state index contributed by atoms with van der Waals surface area (Å²) in [6, 6.07) is 6.88. The van der Waals surface area contributed by atoms with Crippen LogP contribution in [0.3, 0.4) is 0 Å². The van der Waals surface area contributed by atoms with Crippen molar-refractivity contribution in [2.24, 2.45) is 5.92 Å². The van der Waals surface area contributed by atoms with E-state index < -0.39 is 5.97 Å². The molecule has 0 aromatic heterocycles. The summed E-state index contributed by atoms with van der Waals surface area (Å²) in [4.78, 5) is 24.8. The van der Waals surface area contributed by atoms with Crippen LogP contribution in [0.5, 0.6) is 0 Å². The SMILES string of the molecule is Nc1ccccc1N(CC(=O)O)C(=O)CC1CCSCC1. The second-order valence-electron chi connectivity index (χ2n) is 5.19. The highest BCUT2D eigenvalue weighted by atomic mass is 32.2. The summed E-state index contributed by atoms with van der Waals surface area (Å²) in [5.41, 5.74) is 6.78. The van der Waals surface area contributed by atoms with E-state index in [4.69, 9.17) is 10.8 Å². The van der Waals surface area contributed by atoms with Crippen LogP contribution in [0.4, 0.5) is 11.4 Å². The number of anilines is 2. The molecule has 1 aromatic rings. The minimum atomic E-state index is -1.04. The summed E-state index contributed by atoms with van der Waals surface area (Å²) in [5.74, 6) is 1.30. The summed E-state index contributed by atoms with van der Waals surface area (Å²) in [5, 5.41) is 9.05. The first-order valence-electron chi connectivity index (χ1n) is 7.02. The minimum absolute atomic E-state index is 0.160. The van der Waals surface area contributed by atoms with Crippen LogP contribution >= 0.6 is 11.8 Å². The number of carboxylic acid groups (broad SMARTS) is 1. The van der Waals surface area contributed by atoms with Gasteiger partial charge in [0.2, 0.25) is 5.91 Å². The molecule has 1 saturated heterocycles. The van der Waals surface area contributed by atoms with E-state index in [1.807, 2.05) is 11.8 Å². The monoisotopic (exact) mass is 308 g/mol. The predicted molar refractivity (Wildman–Crippen MR) is 85.5 cm³/mol. The van der Waals surface area contributed by atoms with Crippen molar-refractivity contribution in [2.45, 2.75) is 19.3 Å². The van der Waals surface area contributed by atoms with E-state index in [9.17, 15) is 9.59 Å². The third-order valence-corrected chi connectivity index (χ3v) is 4.67. The maximum atomic E-state index is 12.5. The molecule has 0 spiro atoms. The normalized spacial score (nSPS) is 15.6. The first-order valence-corrected chi connectivity index (χ1v) is 8.18. The highest BCUT2D eigenvalue weighted by Gasteiger charge is 2.24. The fourth-order valence-electron chi connectivity index (χ4n) is 2.48. The molecule has 6 heteroatoms. The number of nitrogens with zero attached hydrogens (tertiary/aromatic N) is 1. The topological polar surface area (TPSA) is 83.6 Å². The lowest BCUT2D eigenvalue weighted by atomic mass is 9.98. The number of carbonyl (C=O) groups is 2. The number of hydrogen-bond acceptors (Lipinski definition) is 4. The van der Waals surface area contributed by atoms with Gasteiger partial charge in [-0.15, -0.1) is 0 Å². The summed E-state index contributed by atoms with van der Waals surface area (Å²) in [6.45, 7) is -0.353. The van der Waals surface area contributed by atoms with Gasteiger partial charge in [-0.3, -0.25) is 14.5 Å². The summed E-state index contributed by atoms with van der Waals surface area (Å²) in [6.07, 6.45) is 2.42. The van der Waals surface area contributed by atoms with E-state index in [0.717, 1.165) is 24.3 Å². The molecule has 114 valence electrons. The Hall–Kier alpha value is -1.69. The minimum Gasteiger partial charge on any atom is -0.480 e. The molecule has 0 saturated carbocycles. The number of benzene rings is 1. The predicted octanol–water partition coefficient (Wildman–Crippen LogP) is 2.22. The highest BCUT2D eigenvalue weighted by Crippen LogP contribution is 2.28. The second kappa shape index (κ2) is 7.36. The van der Waals surface area contributed by atoms with Crippen LogP contribution in [-0.2, 0) is 9.59 Å². The van der Waals surface area contributed by atoms with Crippen LogP contribution in [-0.4, -0.2) is 35.0 Å². The van der Waals surface area contributed by atoms with E-state index in [1.54, 1.807) is 24.3 Å². The standard InChI is InChI=1S/C15H20N2O3S/c16-12-3-1-2-4-13(12)17(10-15(19)20)14(18)9-11-5-7-21-8-6-11/h1-4,11H,5-10,16H2,(H,19,20). The number of rotatable bonds is 5. The molecule has 1 aliphatic heterocycles. The maximum Gasteiger partial charge on any atom is 0.323 e. The molecular formula is C15H20N2O3S. The summed E-state index contributed by atoms with van der Waals surface area (Å²) in [7, 11) is 0. The third kappa shape index (κ3) is 4.39. The molecule has 1 aliphatic rings. The van der Waals surface area contributed by atoms with Gasteiger partial charge in [0.15, 0.2) is 0 Å². The lowest BCUT2D eigenvalue weighted by Crippen LogP contribution is -2.37. The molecule has 0 atom stereocenters. The van der Waals surface area contributed by atoms with Gasteiger partial charge < -0.3 is 10.8 Å². The molecule has 1 amide bonds. The van der Waals surface area contributed by atoms with Gasteiger partial charge in [0.25, 0.3) is 0 Å². The van der Waals surface area contributed by atoms with Crippen LogP contribution in [0.25, 0.3) is 0 Å². The Morgan fingerprint density at radius 2 is 1.95 bits per heavy atom. The molecule has 0 radical (unpaired) electrons. The number of carboxylic acids is 1. The molecule has 0 aliphatic carbocycles. The van der Waals surface area contributed by atoms with Gasteiger partial charge >= 0.3 is 5.97 Å². The fourth-order valence-corrected chi connectivity index (χ4v) is 3.69. The number of thioether (sulfide) groups is 1. The maximum absolute atomic E-state index is 12.5. The Bertz CT molecular complexity index is 515. The van der Waals surface area contributed by atoms with Crippen molar-refractivity contribution >= 4 is 35.0 Å². The Kier molecular flexibility index (Phi) is 5.50. The van der Waals surface area contributed by atoms with Gasteiger partial charge in [-0.25, -0.2) is 0 Å². The van der Waals surface area contributed by atoms with Crippen LogP contribution in [0.2, 0.25) is 0 Å². The highest BCUT2D eigenvalue weighted by molar-refractivity contribution is 7.99. The first-order chi connectivity index (χ1) is 10.1. The van der Waals surface area contributed by atoms with Gasteiger partial charge in [0, 0.05) is 6.42 Å². The van der Waals surface area contributed by atoms with Crippen molar-refractivity contribution in [2.75, 3.05) is 28.7 Å². The smallest absolute Gasteiger partial charge is 0.323 e. The zero-order valence-corrected chi connectivity index (χ0v) is 12.6. The van der Waals surface area contributed by atoms with E-state index in [2.05, 4.69) is 0 Å². The molecule has 1 heterocycles. The van der Waals surface area contributed by atoms with E-state index in [0.29, 0.717) is 23.7 Å². The van der Waals surface area contributed by atoms with Crippen LogP contribution in [0.15, 0.2) is 24.3 Å². The fraction of sp³-hybridized carbons (Fsp3) is 0.467. The molecule has 2 rings (SSSR count). The largest absolute Gasteiger partial charge is 0.480 e. The Morgan fingerprint density at radius 1 is 1.29 bits per heavy atom. The number of amides is 1. The zero-order chi connectivity index (χ0) is 15.2. The number of aliphatic carboxylic acids is 1. The number of hydrogen-bond donors (Lipinski definition) is 2. The number of carbonyl (C=O) groups excluding carboxylic acids is 1. The Balaban J connectivity index is 2.13. The average Bonchev–Trinajstić information content (AvgIpc) is 2.46. The Labute approximate surface area is 128 Å². The average molecular weight is 308 g/mol. The molecule has 0 bridgehead atoms. The van der Waals surface area contributed by atoms with Crippen molar-refractivity contribution in [1.29, 1.82) is 0 Å². The van der Waals surface area contributed by atoms with E-state index >= 15 is 0 Å². The van der Waals surface area contributed by atoms with Crippen LogP contribution < -0.4 is 10.6 Å². The molecule has 0 unspecified atom stereocenters. The van der Waals surface area contributed by atoms with Gasteiger partial charge in [-0.05, 0) is 42.4 Å². The quantitative estimate of drug-likeness (QED) is 0.815. The van der Waals surface area contributed by atoms with Gasteiger partial charge in [-0.2, -0.15) is 11.8 Å². The third-order valence-electron chi connectivity index (χ3n) is 3.63. The van der Waals surface area contributed by atoms with Crippen molar-refractivity contribution < 1.29 is 14.7 Å². The van der Waals surface area contributed by atoms with E-state index in [-0.39, 0.29) is 12.5 Å². The van der Waals surface area contributed by atoms with Crippen molar-refractivity contribution in [1.82, 2.24) is 0 Å². The van der Waals surface area contributed by atoms with Crippen molar-refractivity contribution in [3.63, 3.8) is 0 Å². The lowest BCUT2D eigenvalue weighted by Gasteiger charge is -2.26. The first kappa shape index (κ1) is 15.7. The Morgan fingerprint density at radius 3 is 2.57 bits per heavy atom. The van der Waals surface area contributed by atoms with Crippen LogP contribution in [0.1, 0.15) is 19.3 Å². The second-order valence-corrected chi connectivity index (χ2v) is 6.42. The number of para-hydroxylation sites is 2.